The van der Waals surface area contributed by atoms with E-state index in [-0.39, 0.29) is 17.6 Å². The quantitative estimate of drug-likeness (QED) is 0.677. The molecule has 0 saturated carbocycles. The van der Waals surface area contributed by atoms with Crippen LogP contribution in [0.25, 0.3) is 0 Å². The van der Waals surface area contributed by atoms with Gasteiger partial charge >= 0.3 is 0 Å². The van der Waals surface area contributed by atoms with Gasteiger partial charge in [-0.25, -0.2) is 0 Å². The van der Waals surface area contributed by atoms with Gasteiger partial charge < -0.3 is 11.1 Å². The maximum atomic E-state index is 11.5. The fourth-order valence-corrected chi connectivity index (χ4v) is 0.924. The van der Waals surface area contributed by atoms with Gasteiger partial charge in [0.1, 0.15) is 0 Å². The van der Waals surface area contributed by atoms with Crippen LogP contribution in [0, 0.1) is 5.92 Å². The lowest BCUT2D eigenvalue weighted by molar-refractivity contribution is -0.128. The Morgan fingerprint density at radius 2 is 1.86 bits per heavy atom. The van der Waals surface area contributed by atoms with Gasteiger partial charge in [-0.05, 0) is 19.8 Å². The van der Waals surface area contributed by atoms with Gasteiger partial charge in [-0.1, -0.05) is 20.3 Å². The van der Waals surface area contributed by atoms with Gasteiger partial charge in [-0.2, -0.15) is 0 Å². The summed E-state index contributed by atoms with van der Waals surface area (Å²) in [5.74, 6) is -0.175. The van der Waals surface area contributed by atoms with Crippen LogP contribution in [0.15, 0.2) is 0 Å². The van der Waals surface area contributed by atoms with Crippen molar-refractivity contribution in [1.29, 1.82) is 0 Å². The molecule has 0 aromatic heterocycles. The van der Waals surface area contributed by atoms with Crippen molar-refractivity contribution in [3.8, 4) is 0 Å². The van der Waals surface area contributed by atoms with E-state index in [0.29, 0.717) is 0 Å². The number of carbonyl (C=O) groups is 2. The maximum Gasteiger partial charge on any atom is 0.237 e. The first-order valence-corrected chi connectivity index (χ1v) is 4.96. The van der Waals surface area contributed by atoms with Gasteiger partial charge in [0.05, 0.1) is 12.1 Å². The Labute approximate surface area is 85.2 Å². The molecule has 0 aromatic carbocycles. The first kappa shape index (κ1) is 13.1. The molecule has 0 aliphatic rings. The van der Waals surface area contributed by atoms with E-state index in [1.165, 1.54) is 6.92 Å². The zero-order chi connectivity index (χ0) is 11.3. The van der Waals surface area contributed by atoms with E-state index in [9.17, 15) is 9.59 Å². The highest BCUT2D eigenvalue weighted by atomic mass is 16.2. The summed E-state index contributed by atoms with van der Waals surface area (Å²) in [7, 11) is 0. The van der Waals surface area contributed by atoms with Crippen molar-refractivity contribution < 1.29 is 9.59 Å². The molecule has 0 rings (SSSR count). The van der Waals surface area contributed by atoms with Crippen LogP contribution in [0.5, 0.6) is 0 Å². The van der Waals surface area contributed by atoms with Crippen LogP contribution < -0.4 is 11.1 Å². The van der Waals surface area contributed by atoms with Crippen molar-refractivity contribution in [2.75, 3.05) is 0 Å². The predicted octanol–water partition coefficient (Wildman–Crippen LogP) is 0.453. The molecule has 0 radical (unpaired) electrons. The number of nitrogens with one attached hydrogen (secondary N) is 1. The van der Waals surface area contributed by atoms with Crippen LogP contribution in [0.4, 0.5) is 0 Å². The van der Waals surface area contributed by atoms with Gasteiger partial charge in [0.2, 0.25) is 5.91 Å². The summed E-state index contributed by atoms with van der Waals surface area (Å²) in [4.78, 5) is 22.4. The largest absolute Gasteiger partial charge is 0.345 e. The Morgan fingerprint density at radius 1 is 1.36 bits per heavy atom. The molecule has 0 heterocycles. The summed E-state index contributed by atoms with van der Waals surface area (Å²) in [5, 5.41) is 2.58. The van der Waals surface area contributed by atoms with E-state index in [2.05, 4.69) is 5.32 Å². The number of Topliss-reactive ketones (excluding diaryl/α,β-unsaturated/α-hetero) is 1. The topological polar surface area (TPSA) is 72.2 Å². The molecule has 3 unspecified atom stereocenters. The molecule has 82 valence electrons. The molecular weight excluding hydrogens is 180 g/mol. The van der Waals surface area contributed by atoms with E-state index in [1.54, 1.807) is 6.92 Å². The highest BCUT2D eigenvalue weighted by molar-refractivity contribution is 5.89. The molecule has 0 aliphatic carbocycles. The van der Waals surface area contributed by atoms with E-state index >= 15 is 0 Å². The standard InChI is InChI=1S/C10H20N2O2/c1-5-6(2)9(11)10(14)12-7(3)8(4)13/h6-7,9H,5,11H2,1-4H3,(H,12,14). The zero-order valence-corrected chi connectivity index (χ0v) is 9.33. The summed E-state index contributed by atoms with van der Waals surface area (Å²) in [5.41, 5.74) is 5.70. The second-order valence-corrected chi connectivity index (χ2v) is 3.75. The molecule has 4 nitrogen and oxygen atoms in total. The average Bonchev–Trinajstić information content (AvgIpc) is 2.14. The molecule has 0 aromatic rings. The van der Waals surface area contributed by atoms with Crippen molar-refractivity contribution in [1.82, 2.24) is 5.32 Å². The highest BCUT2D eigenvalue weighted by Crippen LogP contribution is 2.05. The van der Waals surface area contributed by atoms with E-state index in [0.717, 1.165) is 6.42 Å². The monoisotopic (exact) mass is 200 g/mol. The lowest BCUT2D eigenvalue weighted by Crippen LogP contribution is -2.49. The Morgan fingerprint density at radius 3 is 2.21 bits per heavy atom. The van der Waals surface area contributed by atoms with Crippen LogP contribution in [-0.4, -0.2) is 23.8 Å². The second-order valence-electron chi connectivity index (χ2n) is 3.75. The Bertz CT molecular complexity index is 216. The molecule has 14 heavy (non-hydrogen) atoms. The molecular formula is C10H20N2O2. The van der Waals surface area contributed by atoms with Crippen LogP contribution in [0.3, 0.4) is 0 Å². The van der Waals surface area contributed by atoms with Gasteiger partial charge in [0.15, 0.2) is 5.78 Å². The molecule has 0 aliphatic heterocycles. The van der Waals surface area contributed by atoms with Crippen molar-refractivity contribution in [2.45, 2.75) is 46.2 Å². The number of rotatable bonds is 5. The molecule has 1 amide bonds. The third-order valence-corrected chi connectivity index (χ3v) is 2.53. The summed E-state index contributed by atoms with van der Waals surface area (Å²) in [6.07, 6.45) is 0.850. The van der Waals surface area contributed by atoms with Crippen LogP contribution in [0.1, 0.15) is 34.1 Å². The van der Waals surface area contributed by atoms with Crippen molar-refractivity contribution >= 4 is 11.7 Å². The normalized spacial score (nSPS) is 16.9. The smallest absolute Gasteiger partial charge is 0.237 e. The number of hydrogen-bond acceptors (Lipinski definition) is 3. The summed E-state index contributed by atoms with van der Waals surface area (Å²) >= 11 is 0. The number of amides is 1. The molecule has 3 atom stereocenters. The third-order valence-electron chi connectivity index (χ3n) is 2.53. The first-order chi connectivity index (χ1) is 6.40. The fourth-order valence-electron chi connectivity index (χ4n) is 0.924. The lowest BCUT2D eigenvalue weighted by atomic mass is 9.99. The zero-order valence-electron chi connectivity index (χ0n) is 9.33. The maximum absolute atomic E-state index is 11.5. The summed E-state index contributed by atoms with van der Waals surface area (Å²) in [6, 6.07) is -0.973. The van der Waals surface area contributed by atoms with Gasteiger partial charge in [0.25, 0.3) is 0 Å². The SMILES string of the molecule is CCC(C)C(N)C(=O)NC(C)C(C)=O. The molecule has 3 N–H and O–H groups in total. The van der Waals surface area contributed by atoms with Crippen LogP contribution in [-0.2, 0) is 9.59 Å². The van der Waals surface area contributed by atoms with Crippen molar-refractivity contribution in [2.24, 2.45) is 11.7 Å². The van der Waals surface area contributed by atoms with Crippen molar-refractivity contribution in [3.63, 3.8) is 0 Å². The van der Waals surface area contributed by atoms with Gasteiger partial charge in [0, 0.05) is 0 Å². The van der Waals surface area contributed by atoms with Crippen LogP contribution >= 0.6 is 0 Å². The predicted molar refractivity (Wildman–Crippen MR) is 55.7 cm³/mol. The Kier molecular flexibility index (Phi) is 5.38. The highest BCUT2D eigenvalue weighted by Gasteiger charge is 2.21. The number of nitrogens with two attached hydrogens (primary N) is 1. The number of carbonyl (C=O) groups excluding carboxylic acids is 2. The molecule has 4 heteroatoms. The van der Waals surface area contributed by atoms with E-state index in [4.69, 9.17) is 5.73 Å². The van der Waals surface area contributed by atoms with Gasteiger partial charge in [-0.3, -0.25) is 9.59 Å². The number of hydrogen-bond donors (Lipinski definition) is 2. The minimum atomic E-state index is -0.526. The second kappa shape index (κ2) is 5.75. The Balaban J connectivity index is 4.14. The minimum Gasteiger partial charge on any atom is -0.345 e. The van der Waals surface area contributed by atoms with Crippen molar-refractivity contribution in [3.05, 3.63) is 0 Å². The molecule has 0 saturated heterocycles. The Hall–Kier alpha value is -0.900. The van der Waals surface area contributed by atoms with Gasteiger partial charge in [-0.15, -0.1) is 0 Å². The fraction of sp³-hybridized carbons (Fsp3) is 0.800. The lowest BCUT2D eigenvalue weighted by Gasteiger charge is -2.19. The molecule has 0 fully saturated rings. The summed E-state index contributed by atoms with van der Waals surface area (Å²) < 4.78 is 0. The van der Waals surface area contributed by atoms with E-state index in [1.807, 2.05) is 13.8 Å². The summed E-state index contributed by atoms with van der Waals surface area (Å²) in [6.45, 7) is 7.00. The van der Waals surface area contributed by atoms with Crippen LogP contribution in [0.2, 0.25) is 0 Å². The number of ketones is 1. The van der Waals surface area contributed by atoms with E-state index < -0.39 is 12.1 Å². The minimum absolute atomic E-state index is 0.0605. The molecule has 0 spiro atoms. The first-order valence-electron chi connectivity index (χ1n) is 4.96. The third kappa shape index (κ3) is 3.87. The average molecular weight is 200 g/mol. The molecule has 0 bridgehead atoms.